The SMILES string of the molecule is CC(C)(C)N=C1C(N2CCOCC2)C(C)(C)C(=O)N1c1ccc(Cl)cc1. The first-order valence-electron chi connectivity index (χ1n) is 9.13. The molecule has 2 saturated heterocycles. The Balaban J connectivity index is 2.11. The van der Waals surface area contributed by atoms with Gasteiger partial charge >= 0.3 is 0 Å². The average Bonchev–Trinajstić information content (AvgIpc) is 2.74. The Morgan fingerprint density at radius 3 is 2.27 bits per heavy atom. The fraction of sp³-hybridized carbons (Fsp3) is 0.600. The number of anilines is 1. The molecule has 1 aromatic carbocycles. The highest BCUT2D eigenvalue weighted by atomic mass is 35.5. The summed E-state index contributed by atoms with van der Waals surface area (Å²) in [6.45, 7) is 13.2. The van der Waals surface area contributed by atoms with Crippen LogP contribution in [-0.4, -0.2) is 54.5 Å². The van der Waals surface area contributed by atoms with Crippen LogP contribution in [0, 0.1) is 5.41 Å². The zero-order chi connectivity index (χ0) is 19.1. The molecule has 2 heterocycles. The number of ether oxygens (including phenoxy) is 1. The summed E-state index contributed by atoms with van der Waals surface area (Å²) >= 11 is 6.05. The molecule has 6 heteroatoms. The van der Waals surface area contributed by atoms with Crippen LogP contribution < -0.4 is 4.90 Å². The predicted octanol–water partition coefficient (Wildman–Crippen LogP) is 3.61. The summed E-state index contributed by atoms with van der Waals surface area (Å²) in [5.74, 6) is 0.885. The maximum absolute atomic E-state index is 13.4. The third kappa shape index (κ3) is 3.66. The van der Waals surface area contributed by atoms with Crippen molar-refractivity contribution in [2.75, 3.05) is 31.2 Å². The lowest BCUT2D eigenvalue weighted by atomic mass is 9.85. The molecule has 0 bridgehead atoms. The summed E-state index contributed by atoms with van der Waals surface area (Å²) in [6, 6.07) is 7.32. The van der Waals surface area contributed by atoms with Gasteiger partial charge in [0.1, 0.15) is 5.84 Å². The number of hydrogen-bond acceptors (Lipinski definition) is 4. The Bertz CT molecular complexity index is 701. The second kappa shape index (κ2) is 6.95. The van der Waals surface area contributed by atoms with E-state index in [1.165, 1.54) is 0 Å². The Morgan fingerprint density at radius 1 is 1.15 bits per heavy atom. The molecule has 5 nitrogen and oxygen atoms in total. The van der Waals surface area contributed by atoms with Crippen LogP contribution in [0.1, 0.15) is 34.6 Å². The number of carbonyl (C=O) groups is 1. The van der Waals surface area contributed by atoms with Crippen LogP contribution in [0.15, 0.2) is 29.3 Å². The monoisotopic (exact) mass is 377 g/mol. The highest BCUT2D eigenvalue weighted by molar-refractivity contribution is 6.31. The Morgan fingerprint density at radius 2 is 1.73 bits per heavy atom. The van der Waals surface area contributed by atoms with Gasteiger partial charge in [-0.1, -0.05) is 11.6 Å². The van der Waals surface area contributed by atoms with E-state index in [4.69, 9.17) is 21.3 Å². The third-order valence-electron chi connectivity index (χ3n) is 4.86. The molecule has 26 heavy (non-hydrogen) atoms. The van der Waals surface area contributed by atoms with Gasteiger partial charge in [0.2, 0.25) is 5.91 Å². The predicted molar refractivity (Wildman–Crippen MR) is 106 cm³/mol. The average molecular weight is 378 g/mol. The molecule has 0 aromatic heterocycles. The number of amides is 1. The second-order valence-corrected chi connectivity index (χ2v) is 8.97. The van der Waals surface area contributed by atoms with E-state index in [1.54, 1.807) is 4.90 Å². The largest absolute Gasteiger partial charge is 0.379 e. The van der Waals surface area contributed by atoms with Crippen LogP contribution in [0.5, 0.6) is 0 Å². The molecule has 2 fully saturated rings. The van der Waals surface area contributed by atoms with E-state index in [-0.39, 0.29) is 17.5 Å². The summed E-state index contributed by atoms with van der Waals surface area (Å²) in [6.07, 6.45) is 0. The van der Waals surface area contributed by atoms with Crippen LogP contribution in [0.2, 0.25) is 5.02 Å². The van der Waals surface area contributed by atoms with Crippen LogP contribution in [0.25, 0.3) is 0 Å². The zero-order valence-electron chi connectivity index (χ0n) is 16.3. The molecular weight excluding hydrogens is 350 g/mol. The molecule has 1 aromatic rings. The van der Waals surface area contributed by atoms with Crippen molar-refractivity contribution in [3.63, 3.8) is 0 Å². The van der Waals surface area contributed by atoms with E-state index in [0.717, 1.165) is 24.6 Å². The zero-order valence-corrected chi connectivity index (χ0v) is 17.0. The number of morpholine rings is 1. The number of aliphatic imine (C=N–C) groups is 1. The molecule has 142 valence electrons. The standard InChI is InChI=1S/C20H28ClN3O2/c1-19(2,3)22-17-16(23-10-12-26-13-11-23)20(4,5)18(25)24(17)15-8-6-14(21)7-9-15/h6-9,16H,10-13H2,1-5H3. The Kier molecular flexibility index (Phi) is 5.17. The maximum atomic E-state index is 13.4. The van der Waals surface area contributed by atoms with Crippen LogP contribution in [-0.2, 0) is 9.53 Å². The van der Waals surface area contributed by atoms with Gasteiger partial charge in [-0.25, -0.2) is 0 Å². The van der Waals surface area contributed by atoms with Gasteiger partial charge in [0.15, 0.2) is 0 Å². The Hall–Kier alpha value is -1.43. The van der Waals surface area contributed by atoms with Gasteiger partial charge in [-0.2, -0.15) is 0 Å². The number of benzene rings is 1. The van der Waals surface area contributed by atoms with E-state index in [1.807, 2.05) is 38.1 Å². The number of halogens is 1. The minimum atomic E-state index is -0.568. The van der Waals surface area contributed by atoms with Crippen molar-refractivity contribution in [2.24, 2.45) is 10.4 Å². The van der Waals surface area contributed by atoms with Crippen LogP contribution >= 0.6 is 11.6 Å². The molecule has 0 spiro atoms. The van der Waals surface area contributed by atoms with E-state index < -0.39 is 5.41 Å². The van der Waals surface area contributed by atoms with Gasteiger partial charge in [0.25, 0.3) is 0 Å². The number of carbonyl (C=O) groups excluding carboxylic acids is 1. The van der Waals surface area contributed by atoms with E-state index in [2.05, 4.69) is 25.7 Å². The van der Waals surface area contributed by atoms with Crippen LogP contribution in [0.3, 0.4) is 0 Å². The van der Waals surface area contributed by atoms with Crippen molar-refractivity contribution in [2.45, 2.75) is 46.2 Å². The first kappa shape index (κ1) is 19.3. The minimum absolute atomic E-state index is 0.0688. The van der Waals surface area contributed by atoms with Gasteiger partial charge in [-0.15, -0.1) is 0 Å². The first-order chi connectivity index (χ1) is 12.1. The van der Waals surface area contributed by atoms with Crippen LogP contribution in [0.4, 0.5) is 5.69 Å². The Labute approximate surface area is 161 Å². The van der Waals surface area contributed by atoms with E-state index >= 15 is 0 Å². The number of rotatable bonds is 2. The topological polar surface area (TPSA) is 45.1 Å². The summed E-state index contributed by atoms with van der Waals surface area (Å²) < 4.78 is 5.52. The lowest BCUT2D eigenvalue weighted by molar-refractivity contribution is -0.126. The molecule has 0 saturated carbocycles. The summed E-state index contributed by atoms with van der Waals surface area (Å²) in [7, 11) is 0. The van der Waals surface area contributed by atoms with Crippen molar-refractivity contribution < 1.29 is 9.53 Å². The number of hydrogen-bond donors (Lipinski definition) is 0. The molecule has 0 radical (unpaired) electrons. The molecule has 1 amide bonds. The van der Waals surface area contributed by atoms with E-state index in [0.29, 0.717) is 18.2 Å². The normalized spacial score (nSPS) is 25.9. The van der Waals surface area contributed by atoms with Gasteiger partial charge in [-0.05, 0) is 58.9 Å². The van der Waals surface area contributed by atoms with Crippen molar-refractivity contribution in [3.8, 4) is 0 Å². The van der Waals surface area contributed by atoms with E-state index in [9.17, 15) is 4.79 Å². The van der Waals surface area contributed by atoms with Crippen molar-refractivity contribution in [1.29, 1.82) is 0 Å². The molecule has 1 atom stereocenters. The maximum Gasteiger partial charge on any atom is 0.240 e. The number of nitrogens with zero attached hydrogens (tertiary/aromatic N) is 3. The molecular formula is C20H28ClN3O2. The molecule has 0 N–H and O–H groups in total. The first-order valence-corrected chi connectivity index (χ1v) is 9.51. The molecule has 3 rings (SSSR count). The van der Waals surface area contributed by atoms with Gasteiger partial charge in [0, 0.05) is 18.1 Å². The smallest absolute Gasteiger partial charge is 0.240 e. The minimum Gasteiger partial charge on any atom is -0.379 e. The summed E-state index contributed by atoms with van der Waals surface area (Å²) in [5, 5.41) is 0.652. The quantitative estimate of drug-likeness (QED) is 0.790. The number of amidine groups is 1. The third-order valence-corrected chi connectivity index (χ3v) is 5.11. The van der Waals surface area contributed by atoms with Crippen molar-refractivity contribution in [1.82, 2.24) is 4.90 Å². The van der Waals surface area contributed by atoms with Gasteiger partial charge in [-0.3, -0.25) is 19.6 Å². The molecule has 1 unspecified atom stereocenters. The molecule has 0 aliphatic carbocycles. The highest BCUT2D eigenvalue weighted by Crippen LogP contribution is 2.40. The summed E-state index contributed by atoms with van der Waals surface area (Å²) in [4.78, 5) is 22.5. The second-order valence-electron chi connectivity index (χ2n) is 8.53. The van der Waals surface area contributed by atoms with Crippen molar-refractivity contribution in [3.05, 3.63) is 29.3 Å². The van der Waals surface area contributed by atoms with Gasteiger partial charge in [0.05, 0.1) is 35.9 Å². The lowest BCUT2D eigenvalue weighted by Crippen LogP contribution is -2.52. The van der Waals surface area contributed by atoms with Gasteiger partial charge < -0.3 is 4.74 Å². The molecule has 2 aliphatic heterocycles. The fourth-order valence-corrected chi connectivity index (χ4v) is 3.83. The summed E-state index contributed by atoms with van der Waals surface area (Å²) in [5.41, 5.74) is -0.0435. The molecule has 2 aliphatic rings. The highest BCUT2D eigenvalue weighted by Gasteiger charge is 2.55. The fourth-order valence-electron chi connectivity index (χ4n) is 3.70. The lowest BCUT2D eigenvalue weighted by Gasteiger charge is -2.37. The van der Waals surface area contributed by atoms with Crippen molar-refractivity contribution >= 4 is 29.0 Å².